The van der Waals surface area contributed by atoms with Crippen molar-refractivity contribution in [3.63, 3.8) is 0 Å². The van der Waals surface area contributed by atoms with Crippen LogP contribution < -0.4 is 0 Å². The van der Waals surface area contributed by atoms with Crippen molar-refractivity contribution in [3.8, 4) is 0 Å². The summed E-state index contributed by atoms with van der Waals surface area (Å²) in [5, 5.41) is 8.86. The molecule has 5 nitrogen and oxygen atoms in total. The molecule has 1 aliphatic heterocycles. The second kappa shape index (κ2) is 6.07. The average Bonchev–Trinajstić information content (AvgIpc) is 2.26. The summed E-state index contributed by atoms with van der Waals surface area (Å²) in [6.45, 7) is 7.72. The average molecular weight is 256 g/mol. The molecule has 1 heterocycles. The number of carboxylic acid groups (broad SMARTS) is 1. The van der Waals surface area contributed by atoms with E-state index in [0.29, 0.717) is 11.8 Å². The van der Waals surface area contributed by atoms with Gasteiger partial charge in [-0.05, 0) is 18.3 Å². The molecule has 0 spiro atoms. The largest absolute Gasteiger partial charge is 0.481 e. The lowest BCUT2D eigenvalue weighted by Gasteiger charge is -2.37. The Hall–Kier alpha value is -1.26. The molecule has 5 heteroatoms. The van der Waals surface area contributed by atoms with Crippen LogP contribution in [0.3, 0.4) is 0 Å². The van der Waals surface area contributed by atoms with Crippen molar-refractivity contribution in [2.24, 2.45) is 17.8 Å². The second-order valence-electron chi connectivity index (χ2n) is 5.75. The highest BCUT2D eigenvalue weighted by molar-refractivity contribution is 5.76. The maximum atomic E-state index is 12.2. The van der Waals surface area contributed by atoms with Gasteiger partial charge in [0.05, 0.1) is 5.92 Å². The Morgan fingerprint density at radius 1 is 1.33 bits per heavy atom. The number of rotatable bonds is 3. The highest BCUT2D eigenvalue weighted by atomic mass is 16.4. The van der Waals surface area contributed by atoms with E-state index < -0.39 is 11.9 Å². The summed E-state index contributed by atoms with van der Waals surface area (Å²) in [5.41, 5.74) is 0. The Bertz CT molecular complexity index is 309. The lowest BCUT2D eigenvalue weighted by Crippen LogP contribution is -2.49. The number of piperidine rings is 1. The van der Waals surface area contributed by atoms with Crippen molar-refractivity contribution in [2.75, 3.05) is 26.7 Å². The van der Waals surface area contributed by atoms with E-state index in [2.05, 4.69) is 13.8 Å². The summed E-state index contributed by atoms with van der Waals surface area (Å²) in [5.74, 6) is -0.361. The van der Waals surface area contributed by atoms with E-state index in [1.165, 1.54) is 4.90 Å². The predicted molar refractivity (Wildman–Crippen MR) is 69.3 cm³/mol. The quantitative estimate of drug-likeness (QED) is 0.836. The van der Waals surface area contributed by atoms with E-state index in [1.54, 1.807) is 14.0 Å². The van der Waals surface area contributed by atoms with Gasteiger partial charge in [-0.25, -0.2) is 4.79 Å². The molecule has 0 aromatic rings. The van der Waals surface area contributed by atoms with Crippen LogP contribution in [-0.4, -0.2) is 53.6 Å². The molecule has 1 N–H and O–H groups in total. The van der Waals surface area contributed by atoms with E-state index in [0.717, 1.165) is 19.5 Å². The third-order valence-electron chi connectivity index (χ3n) is 3.44. The molecule has 1 rings (SSSR count). The summed E-state index contributed by atoms with van der Waals surface area (Å²) in [6, 6.07) is -0.0542. The summed E-state index contributed by atoms with van der Waals surface area (Å²) in [6.07, 6.45) is 1.15. The highest BCUT2D eigenvalue weighted by Crippen LogP contribution is 2.21. The summed E-state index contributed by atoms with van der Waals surface area (Å²) >= 11 is 0. The molecule has 1 fully saturated rings. The minimum absolute atomic E-state index is 0.0542. The van der Waals surface area contributed by atoms with Crippen molar-refractivity contribution < 1.29 is 14.7 Å². The zero-order valence-corrected chi connectivity index (χ0v) is 11.7. The maximum absolute atomic E-state index is 12.2. The van der Waals surface area contributed by atoms with Crippen LogP contribution in [0.2, 0.25) is 0 Å². The molecule has 0 aromatic heterocycles. The number of aliphatic carboxylic acids is 1. The lowest BCUT2D eigenvalue weighted by atomic mass is 9.92. The molecule has 104 valence electrons. The normalized spacial score (nSPS) is 25.7. The Balaban J connectivity index is 2.55. The minimum Gasteiger partial charge on any atom is -0.481 e. The Morgan fingerprint density at radius 3 is 2.28 bits per heavy atom. The van der Waals surface area contributed by atoms with Crippen LogP contribution in [-0.2, 0) is 4.79 Å². The molecule has 1 aliphatic rings. The van der Waals surface area contributed by atoms with Crippen LogP contribution in [0.1, 0.15) is 27.2 Å². The van der Waals surface area contributed by atoms with Gasteiger partial charge in [-0.15, -0.1) is 0 Å². The van der Waals surface area contributed by atoms with Gasteiger partial charge in [-0.1, -0.05) is 20.8 Å². The van der Waals surface area contributed by atoms with Crippen LogP contribution in [0.15, 0.2) is 0 Å². The van der Waals surface area contributed by atoms with E-state index in [-0.39, 0.29) is 12.6 Å². The minimum atomic E-state index is -0.866. The standard InChI is InChI=1S/C13H24N2O3/c1-9-5-10(2)7-15(6-9)13(18)14(4)8-11(3)12(16)17/h9-11H,5-8H2,1-4H3,(H,16,17). The van der Waals surface area contributed by atoms with Gasteiger partial charge in [-0.2, -0.15) is 0 Å². The molecule has 0 bridgehead atoms. The van der Waals surface area contributed by atoms with Gasteiger partial charge in [0.25, 0.3) is 0 Å². The Kier molecular flexibility index (Phi) is 4.99. The van der Waals surface area contributed by atoms with Crippen LogP contribution in [0, 0.1) is 17.8 Å². The third-order valence-corrected chi connectivity index (χ3v) is 3.44. The first-order valence-corrected chi connectivity index (χ1v) is 6.54. The number of carbonyl (C=O) groups is 2. The molecule has 3 unspecified atom stereocenters. The summed E-state index contributed by atoms with van der Waals surface area (Å²) in [7, 11) is 1.67. The number of likely N-dealkylation sites (tertiary alicyclic amines) is 1. The highest BCUT2D eigenvalue weighted by Gasteiger charge is 2.28. The first-order chi connectivity index (χ1) is 8.31. The van der Waals surface area contributed by atoms with Gasteiger partial charge < -0.3 is 14.9 Å². The van der Waals surface area contributed by atoms with Crippen molar-refractivity contribution in [1.82, 2.24) is 9.80 Å². The molecule has 3 atom stereocenters. The SMILES string of the molecule is CC1CC(C)CN(C(=O)N(C)CC(C)C(=O)O)C1. The molecule has 0 radical (unpaired) electrons. The number of amides is 2. The van der Waals surface area contributed by atoms with Crippen LogP contribution in [0.4, 0.5) is 4.79 Å². The molecule has 0 aliphatic carbocycles. The molecule has 18 heavy (non-hydrogen) atoms. The zero-order valence-electron chi connectivity index (χ0n) is 11.7. The zero-order chi connectivity index (χ0) is 13.9. The monoisotopic (exact) mass is 256 g/mol. The fourth-order valence-corrected chi connectivity index (χ4v) is 2.63. The molecule has 1 saturated heterocycles. The van der Waals surface area contributed by atoms with E-state index in [4.69, 9.17) is 5.11 Å². The summed E-state index contributed by atoms with van der Waals surface area (Å²) < 4.78 is 0. The fourth-order valence-electron chi connectivity index (χ4n) is 2.63. The van der Waals surface area contributed by atoms with Crippen molar-refractivity contribution in [3.05, 3.63) is 0 Å². The van der Waals surface area contributed by atoms with Crippen molar-refractivity contribution >= 4 is 12.0 Å². The van der Waals surface area contributed by atoms with Crippen LogP contribution in [0.25, 0.3) is 0 Å². The van der Waals surface area contributed by atoms with Crippen molar-refractivity contribution in [2.45, 2.75) is 27.2 Å². The first-order valence-electron chi connectivity index (χ1n) is 6.54. The number of hydrogen-bond acceptors (Lipinski definition) is 2. The first kappa shape index (κ1) is 14.8. The number of nitrogens with zero attached hydrogens (tertiary/aromatic N) is 2. The molecule has 0 saturated carbocycles. The molecular weight excluding hydrogens is 232 g/mol. The second-order valence-corrected chi connectivity index (χ2v) is 5.75. The van der Waals surface area contributed by atoms with Gasteiger partial charge in [0.15, 0.2) is 0 Å². The molecule has 0 aromatic carbocycles. The van der Waals surface area contributed by atoms with Gasteiger partial charge in [0.1, 0.15) is 0 Å². The van der Waals surface area contributed by atoms with Gasteiger partial charge in [0.2, 0.25) is 0 Å². The number of urea groups is 1. The van der Waals surface area contributed by atoms with E-state index >= 15 is 0 Å². The topological polar surface area (TPSA) is 60.9 Å². The predicted octanol–water partition coefficient (Wildman–Crippen LogP) is 1.74. The Morgan fingerprint density at radius 2 is 1.83 bits per heavy atom. The summed E-state index contributed by atoms with van der Waals surface area (Å²) in [4.78, 5) is 26.4. The molecular formula is C13H24N2O3. The van der Waals surface area contributed by atoms with Gasteiger partial charge in [-0.3, -0.25) is 4.79 Å². The van der Waals surface area contributed by atoms with Crippen molar-refractivity contribution in [1.29, 1.82) is 0 Å². The number of carboxylic acids is 1. The third kappa shape index (κ3) is 3.89. The smallest absolute Gasteiger partial charge is 0.319 e. The van der Waals surface area contributed by atoms with Crippen LogP contribution >= 0.6 is 0 Å². The fraction of sp³-hybridized carbons (Fsp3) is 0.846. The Labute approximate surface area is 109 Å². The number of carbonyl (C=O) groups excluding carboxylic acids is 1. The van der Waals surface area contributed by atoms with Crippen LogP contribution in [0.5, 0.6) is 0 Å². The van der Waals surface area contributed by atoms with E-state index in [1.807, 2.05) is 4.90 Å². The van der Waals surface area contributed by atoms with Gasteiger partial charge in [0, 0.05) is 26.7 Å². The van der Waals surface area contributed by atoms with E-state index in [9.17, 15) is 9.59 Å². The lowest BCUT2D eigenvalue weighted by molar-refractivity contribution is -0.141. The number of hydrogen-bond donors (Lipinski definition) is 1. The molecule has 2 amide bonds. The maximum Gasteiger partial charge on any atom is 0.319 e. The van der Waals surface area contributed by atoms with Gasteiger partial charge >= 0.3 is 12.0 Å².